The maximum Gasteiger partial charge on any atom is 0.304 e. The van der Waals surface area contributed by atoms with Crippen molar-refractivity contribution in [1.29, 1.82) is 0 Å². The van der Waals surface area contributed by atoms with E-state index in [0.717, 1.165) is 0 Å². The standard InChI is InChI=1S/C12H16FNO2/c1-8(7-12(15)16)14-9(2)10-5-3-4-6-11(10)13/h3-6,8-9,14H,7H2,1-2H3,(H,15,16). The van der Waals surface area contributed by atoms with Crippen molar-refractivity contribution in [2.45, 2.75) is 32.4 Å². The van der Waals surface area contributed by atoms with E-state index in [4.69, 9.17) is 5.11 Å². The number of hydrogen-bond acceptors (Lipinski definition) is 2. The van der Waals surface area contributed by atoms with Crippen LogP contribution in [0.2, 0.25) is 0 Å². The molecule has 2 atom stereocenters. The number of nitrogens with one attached hydrogen (secondary N) is 1. The molecule has 3 nitrogen and oxygen atoms in total. The lowest BCUT2D eigenvalue weighted by molar-refractivity contribution is -0.137. The zero-order valence-corrected chi connectivity index (χ0v) is 9.40. The van der Waals surface area contributed by atoms with Gasteiger partial charge in [-0.15, -0.1) is 0 Å². The number of carboxylic acid groups (broad SMARTS) is 1. The first-order valence-electron chi connectivity index (χ1n) is 5.23. The highest BCUT2D eigenvalue weighted by Crippen LogP contribution is 2.16. The molecule has 0 spiro atoms. The molecule has 1 rings (SSSR count). The first kappa shape index (κ1) is 12.6. The Labute approximate surface area is 94.3 Å². The fraction of sp³-hybridized carbons (Fsp3) is 0.417. The van der Waals surface area contributed by atoms with Crippen LogP contribution >= 0.6 is 0 Å². The van der Waals surface area contributed by atoms with Gasteiger partial charge in [-0.05, 0) is 19.9 Å². The van der Waals surface area contributed by atoms with Crippen LogP contribution in [-0.4, -0.2) is 17.1 Å². The van der Waals surface area contributed by atoms with E-state index in [2.05, 4.69) is 5.32 Å². The van der Waals surface area contributed by atoms with Crippen molar-refractivity contribution in [1.82, 2.24) is 5.32 Å². The van der Waals surface area contributed by atoms with E-state index in [1.807, 2.05) is 6.92 Å². The monoisotopic (exact) mass is 225 g/mol. The van der Waals surface area contributed by atoms with Gasteiger partial charge in [0.25, 0.3) is 0 Å². The number of halogens is 1. The summed E-state index contributed by atoms with van der Waals surface area (Å²) in [7, 11) is 0. The quantitative estimate of drug-likeness (QED) is 0.808. The highest BCUT2D eigenvalue weighted by atomic mass is 19.1. The van der Waals surface area contributed by atoms with Crippen molar-refractivity contribution in [2.75, 3.05) is 0 Å². The summed E-state index contributed by atoms with van der Waals surface area (Å²) in [6.07, 6.45) is 0.0266. The first-order chi connectivity index (χ1) is 7.50. The number of aliphatic carboxylic acids is 1. The van der Waals surface area contributed by atoms with Gasteiger partial charge in [-0.2, -0.15) is 0 Å². The molecule has 0 aromatic heterocycles. The third kappa shape index (κ3) is 3.62. The Morgan fingerprint density at radius 1 is 1.44 bits per heavy atom. The number of carbonyl (C=O) groups is 1. The van der Waals surface area contributed by atoms with E-state index in [0.29, 0.717) is 5.56 Å². The van der Waals surface area contributed by atoms with Crippen LogP contribution in [-0.2, 0) is 4.79 Å². The van der Waals surface area contributed by atoms with E-state index in [-0.39, 0.29) is 24.3 Å². The molecule has 0 aliphatic rings. The molecule has 0 saturated heterocycles. The van der Waals surface area contributed by atoms with Crippen molar-refractivity contribution >= 4 is 5.97 Å². The van der Waals surface area contributed by atoms with Gasteiger partial charge >= 0.3 is 5.97 Å². The second-order valence-electron chi connectivity index (χ2n) is 3.91. The second kappa shape index (κ2) is 5.61. The molecule has 4 heteroatoms. The lowest BCUT2D eigenvalue weighted by atomic mass is 10.1. The summed E-state index contributed by atoms with van der Waals surface area (Å²) in [5, 5.41) is 11.7. The van der Waals surface area contributed by atoms with Crippen LogP contribution in [0.25, 0.3) is 0 Å². The van der Waals surface area contributed by atoms with Gasteiger partial charge in [-0.25, -0.2) is 4.39 Å². The summed E-state index contributed by atoms with van der Waals surface area (Å²) in [6, 6.07) is 6.10. The summed E-state index contributed by atoms with van der Waals surface area (Å²) in [4.78, 5) is 10.5. The van der Waals surface area contributed by atoms with Crippen molar-refractivity contribution in [3.8, 4) is 0 Å². The van der Waals surface area contributed by atoms with Gasteiger partial charge in [-0.1, -0.05) is 18.2 Å². The molecule has 0 aliphatic heterocycles. The van der Waals surface area contributed by atoms with Crippen molar-refractivity contribution in [3.63, 3.8) is 0 Å². The number of carboxylic acids is 1. The highest BCUT2D eigenvalue weighted by Gasteiger charge is 2.14. The van der Waals surface area contributed by atoms with Gasteiger partial charge in [-0.3, -0.25) is 4.79 Å². The van der Waals surface area contributed by atoms with Gasteiger partial charge < -0.3 is 10.4 Å². The van der Waals surface area contributed by atoms with Crippen LogP contribution < -0.4 is 5.32 Å². The van der Waals surface area contributed by atoms with Gasteiger partial charge in [0.1, 0.15) is 5.82 Å². The molecule has 1 aromatic rings. The van der Waals surface area contributed by atoms with Gasteiger partial charge in [0, 0.05) is 17.6 Å². The molecular weight excluding hydrogens is 209 g/mol. The molecule has 1 aromatic carbocycles. The smallest absolute Gasteiger partial charge is 0.304 e. The van der Waals surface area contributed by atoms with Gasteiger partial charge in [0.15, 0.2) is 0 Å². The zero-order chi connectivity index (χ0) is 12.1. The summed E-state index contributed by atoms with van der Waals surface area (Å²) in [5.41, 5.74) is 0.555. The summed E-state index contributed by atoms with van der Waals surface area (Å²) < 4.78 is 13.4. The molecule has 0 aliphatic carbocycles. The maximum absolute atomic E-state index is 13.4. The Morgan fingerprint density at radius 3 is 2.62 bits per heavy atom. The molecular formula is C12H16FNO2. The van der Waals surface area contributed by atoms with Crippen molar-refractivity contribution in [2.24, 2.45) is 0 Å². The third-order valence-electron chi connectivity index (χ3n) is 2.39. The number of benzene rings is 1. The van der Waals surface area contributed by atoms with Gasteiger partial charge in [0.2, 0.25) is 0 Å². The molecule has 88 valence electrons. The van der Waals surface area contributed by atoms with Gasteiger partial charge in [0.05, 0.1) is 6.42 Å². The Kier molecular flexibility index (Phi) is 4.43. The molecule has 2 N–H and O–H groups in total. The molecule has 0 radical (unpaired) electrons. The number of hydrogen-bond donors (Lipinski definition) is 2. The SMILES string of the molecule is CC(CC(=O)O)NC(C)c1ccccc1F. The summed E-state index contributed by atoms with van der Waals surface area (Å²) in [6.45, 7) is 3.59. The van der Waals surface area contributed by atoms with E-state index in [9.17, 15) is 9.18 Å². The fourth-order valence-corrected chi connectivity index (χ4v) is 1.66. The molecule has 2 unspecified atom stereocenters. The average Bonchev–Trinajstić information content (AvgIpc) is 2.16. The van der Waals surface area contributed by atoms with Crippen LogP contribution in [0.1, 0.15) is 31.9 Å². The van der Waals surface area contributed by atoms with E-state index in [1.54, 1.807) is 25.1 Å². The predicted molar refractivity (Wildman–Crippen MR) is 59.7 cm³/mol. The fourth-order valence-electron chi connectivity index (χ4n) is 1.66. The van der Waals surface area contributed by atoms with Crippen LogP contribution in [0.3, 0.4) is 0 Å². The normalized spacial score (nSPS) is 14.4. The lowest BCUT2D eigenvalue weighted by Gasteiger charge is -2.19. The predicted octanol–water partition coefficient (Wildman–Crippen LogP) is 2.34. The molecule has 0 bridgehead atoms. The van der Waals surface area contributed by atoms with Crippen molar-refractivity contribution in [3.05, 3.63) is 35.6 Å². The van der Waals surface area contributed by atoms with Crippen LogP contribution in [0.4, 0.5) is 4.39 Å². The van der Waals surface area contributed by atoms with Crippen LogP contribution in [0.5, 0.6) is 0 Å². The summed E-state index contributed by atoms with van der Waals surface area (Å²) >= 11 is 0. The molecule has 0 heterocycles. The molecule has 16 heavy (non-hydrogen) atoms. The Balaban J connectivity index is 2.62. The Morgan fingerprint density at radius 2 is 2.06 bits per heavy atom. The average molecular weight is 225 g/mol. The zero-order valence-electron chi connectivity index (χ0n) is 9.40. The van der Waals surface area contributed by atoms with E-state index < -0.39 is 5.97 Å². The Bertz CT molecular complexity index is 368. The molecule has 0 saturated carbocycles. The maximum atomic E-state index is 13.4. The van der Waals surface area contributed by atoms with Crippen LogP contribution in [0.15, 0.2) is 24.3 Å². The third-order valence-corrected chi connectivity index (χ3v) is 2.39. The number of rotatable bonds is 5. The lowest BCUT2D eigenvalue weighted by Crippen LogP contribution is -2.31. The molecule has 0 fully saturated rings. The van der Waals surface area contributed by atoms with E-state index >= 15 is 0 Å². The first-order valence-corrected chi connectivity index (χ1v) is 5.23. The second-order valence-corrected chi connectivity index (χ2v) is 3.91. The largest absolute Gasteiger partial charge is 0.481 e. The molecule has 0 amide bonds. The van der Waals surface area contributed by atoms with Crippen molar-refractivity contribution < 1.29 is 14.3 Å². The minimum absolute atomic E-state index is 0.0266. The minimum atomic E-state index is -0.860. The van der Waals surface area contributed by atoms with Crippen LogP contribution in [0, 0.1) is 5.82 Å². The topological polar surface area (TPSA) is 49.3 Å². The van der Waals surface area contributed by atoms with E-state index in [1.165, 1.54) is 6.07 Å². The summed E-state index contributed by atoms with van der Waals surface area (Å²) in [5.74, 6) is -1.13. The highest BCUT2D eigenvalue weighted by molar-refractivity contribution is 5.67. The Hall–Kier alpha value is -1.42. The minimum Gasteiger partial charge on any atom is -0.481 e.